The largest absolute Gasteiger partial charge is 0.495 e. The number of amides is 1. The molecule has 0 spiro atoms. The number of nitriles is 1. The van der Waals surface area contributed by atoms with Crippen molar-refractivity contribution in [3.8, 4) is 11.8 Å². The van der Waals surface area contributed by atoms with Gasteiger partial charge in [-0.15, -0.1) is 12.6 Å². The number of nitrogens with zero attached hydrogens (tertiary/aromatic N) is 2. The molecular formula is C21H19N3O2S. The van der Waals surface area contributed by atoms with Gasteiger partial charge in [0.25, 0.3) is 0 Å². The van der Waals surface area contributed by atoms with Crippen molar-refractivity contribution in [2.24, 2.45) is 10.9 Å². The van der Waals surface area contributed by atoms with Gasteiger partial charge >= 0.3 is 0 Å². The number of benzene rings is 2. The van der Waals surface area contributed by atoms with Gasteiger partial charge in [0.2, 0.25) is 5.91 Å². The third kappa shape index (κ3) is 3.74. The van der Waals surface area contributed by atoms with E-state index in [1.807, 2.05) is 42.5 Å². The van der Waals surface area contributed by atoms with E-state index in [0.29, 0.717) is 27.8 Å². The summed E-state index contributed by atoms with van der Waals surface area (Å²) >= 11 is 4.36. The molecule has 1 N–H and O–H groups in total. The second-order valence-corrected chi connectivity index (χ2v) is 6.58. The first-order valence-corrected chi connectivity index (χ1v) is 8.88. The Balaban J connectivity index is 2.02. The zero-order valence-corrected chi connectivity index (χ0v) is 15.9. The molecule has 0 fully saturated rings. The molecular weight excluding hydrogens is 358 g/mol. The van der Waals surface area contributed by atoms with E-state index in [-0.39, 0.29) is 5.91 Å². The number of para-hydroxylation sites is 2. The molecule has 3 rings (SSSR count). The highest BCUT2D eigenvalue weighted by Gasteiger charge is 2.38. The monoisotopic (exact) mass is 377 g/mol. The van der Waals surface area contributed by atoms with E-state index in [0.717, 1.165) is 5.56 Å². The first kappa shape index (κ1) is 18.7. The van der Waals surface area contributed by atoms with Crippen LogP contribution in [0.1, 0.15) is 18.4 Å². The highest BCUT2D eigenvalue weighted by Crippen LogP contribution is 2.40. The maximum Gasteiger partial charge on any atom is 0.234 e. The molecule has 0 radical (unpaired) electrons. The Labute approximate surface area is 163 Å². The van der Waals surface area contributed by atoms with E-state index in [1.54, 1.807) is 26.2 Å². The molecule has 1 aliphatic rings. The lowest BCUT2D eigenvalue weighted by Crippen LogP contribution is -2.36. The van der Waals surface area contributed by atoms with Crippen molar-refractivity contribution in [2.75, 3.05) is 12.4 Å². The predicted molar refractivity (Wildman–Crippen MR) is 109 cm³/mol. The van der Waals surface area contributed by atoms with Gasteiger partial charge in [-0.1, -0.05) is 42.5 Å². The molecule has 136 valence electrons. The number of aliphatic imine (C=N–C) groups is 1. The number of carbonyl (C=O) groups excluding carboxylic acids is 1. The van der Waals surface area contributed by atoms with E-state index >= 15 is 0 Å². The Kier molecular flexibility index (Phi) is 5.63. The first-order valence-electron chi connectivity index (χ1n) is 8.44. The van der Waals surface area contributed by atoms with Gasteiger partial charge in [0.15, 0.2) is 0 Å². The molecule has 0 saturated heterocycles. The second-order valence-electron chi connectivity index (χ2n) is 6.16. The number of thiol groups is 1. The molecule has 27 heavy (non-hydrogen) atoms. The number of rotatable bonds is 4. The van der Waals surface area contributed by atoms with Gasteiger partial charge in [-0.05, 0) is 24.6 Å². The number of methoxy groups -OCH3 is 1. The average molecular weight is 377 g/mol. The molecule has 0 aliphatic carbocycles. The fourth-order valence-electron chi connectivity index (χ4n) is 3.28. The third-order valence-corrected chi connectivity index (χ3v) is 4.88. The summed E-state index contributed by atoms with van der Waals surface area (Å²) in [6.07, 6.45) is 0. The minimum Gasteiger partial charge on any atom is -0.495 e. The molecule has 6 heteroatoms. The molecule has 0 aromatic heterocycles. The Hall–Kier alpha value is -3.04. The summed E-state index contributed by atoms with van der Waals surface area (Å²) in [5.41, 5.74) is 2.44. The zero-order chi connectivity index (χ0) is 19.4. The fourth-order valence-corrected chi connectivity index (χ4v) is 3.63. The van der Waals surface area contributed by atoms with E-state index in [4.69, 9.17) is 4.74 Å². The van der Waals surface area contributed by atoms with Gasteiger partial charge in [-0.2, -0.15) is 5.26 Å². The molecule has 1 unspecified atom stereocenters. The van der Waals surface area contributed by atoms with Crippen molar-refractivity contribution < 1.29 is 9.53 Å². The maximum atomic E-state index is 13.2. The summed E-state index contributed by atoms with van der Waals surface area (Å²) in [6.45, 7) is 1.78. The molecule has 0 bridgehead atoms. The van der Waals surface area contributed by atoms with Crippen molar-refractivity contribution >= 4 is 29.9 Å². The number of carbonyl (C=O) groups is 1. The van der Waals surface area contributed by atoms with Gasteiger partial charge in [-0.3, -0.25) is 4.79 Å². The minimum absolute atomic E-state index is 0.247. The summed E-state index contributed by atoms with van der Waals surface area (Å²) in [6, 6.07) is 18.9. The van der Waals surface area contributed by atoms with Crippen LogP contribution in [-0.2, 0) is 4.79 Å². The molecule has 2 atom stereocenters. The third-order valence-electron chi connectivity index (χ3n) is 4.54. The van der Waals surface area contributed by atoms with Crippen LogP contribution in [0.25, 0.3) is 0 Å². The van der Waals surface area contributed by atoms with Crippen LogP contribution >= 0.6 is 12.6 Å². The Bertz CT molecular complexity index is 961. The Morgan fingerprint density at radius 1 is 1.19 bits per heavy atom. The predicted octanol–water partition coefficient (Wildman–Crippen LogP) is 4.17. The average Bonchev–Trinajstić information content (AvgIpc) is 2.68. The molecule has 0 saturated carbocycles. The van der Waals surface area contributed by atoms with Gasteiger partial charge in [0.1, 0.15) is 10.8 Å². The van der Waals surface area contributed by atoms with Gasteiger partial charge < -0.3 is 10.1 Å². The normalized spacial score (nSPS) is 19.1. The number of hydrogen-bond acceptors (Lipinski definition) is 5. The number of allylic oxidation sites excluding steroid dienone is 1. The number of ether oxygens (including phenoxy) is 1. The van der Waals surface area contributed by atoms with Crippen molar-refractivity contribution in [1.82, 2.24) is 0 Å². The second kappa shape index (κ2) is 8.11. The highest BCUT2D eigenvalue weighted by molar-refractivity contribution is 7.84. The van der Waals surface area contributed by atoms with Crippen molar-refractivity contribution in [2.45, 2.75) is 12.8 Å². The highest BCUT2D eigenvalue weighted by atomic mass is 32.1. The fraction of sp³-hybridized carbons (Fsp3) is 0.190. The Morgan fingerprint density at radius 2 is 1.85 bits per heavy atom. The number of nitrogens with one attached hydrogen (secondary N) is 1. The summed E-state index contributed by atoms with van der Waals surface area (Å²) in [7, 11) is 1.55. The quantitative estimate of drug-likeness (QED) is 0.785. The SMILES string of the molecule is COc1ccccc1NC(=O)C1C(C)=NC(S)=C(C#N)[C@H]1c1ccccc1. The van der Waals surface area contributed by atoms with Crippen molar-refractivity contribution in [3.63, 3.8) is 0 Å². The molecule has 1 heterocycles. The van der Waals surface area contributed by atoms with Crippen LogP contribution in [0.3, 0.4) is 0 Å². The first-order chi connectivity index (χ1) is 13.1. The van der Waals surface area contributed by atoms with Crippen LogP contribution < -0.4 is 10.1 Å². The van der Waals surface area contributed by atoms with Crippen LogP contribution in [0.2, 0.25) is 0 Å². The van der Waals surface area contributed by atoms with Crippen molar-refractivity contribution in [3.05, 3.63) is 70.8 Å². The van der Waals surface area contributed by atoms with Gasteiger partial charge in [0.05, 0.1) is 30.4 Å². The maximum absolute atomic E-state index is 13.2. The smallest absolute Gasteiger partial charge is 0.234 e. The lowest BCUT2D eigenvalue weighted by molar-refractivity contribution is -0.118. The van der Waals surface area contributed by atoms with Gasteiger partial charge in [-0.25, -0.2) is 4.99 Å². The number of anilines is 1. The number of hydrogen-bond donors (Lipinski definition) is 2. The van der Waals surface area contributed by atoms with Gasteiger partial charge in [0, 0.05) is 11.6 Å². The molecule has 1 aliphatic heterocycles. The Morgan fingerprint density at radius 3 is 2.52 bits per heavy atom. The van der Waals surface area contributed by atoms with Crippen molar-refractivity contribution in [1.29, 1.82) is 5.26 Å². The zero-order valence-electron chi connectivity index (χ0n) is 15.0. The topological polar surface area (TPSA) is 74.5 Å². The van der Waals surface area contributed by atoms with Crippen LogP contribution in [-0.4, -0.2) is 18.7 Å². The molecule has 2 aromatic carbocycles. The van der Waals surface area contributed by atoms with Crippen LogP contribution in [0.5, 0.6) is 5.75 Å². The van der Waals surface area contributed by atoms with Crippen LogP contribution in [0.4, 0.5) is 5.69 Å². The standard InChI is InChI=1S/C21H19N3O2S/c1-13-18(20(25)24-16-10-6-7-11-17(16)26-2)19(14-8-4-3-5-9-14)15(12-22)21(27)23-13/h3-11,18-19,27H,1-2H3,(H,24,25)/t18?,19-/m1/s1. The summed E-state index contributed by atoms with van der Waals surface area (Å²) in [4.78, 5) is 17.5. The molecule has 2 aromatic rings. The molecule has 5 nitrogen and oxygen atoms in total. The van der Waals surface area contributed by atoms with E-state index in [9.17, 15) is 10.1 Å². The van der Waals surface area contributed by atoms with E-state index in [1.165, 1.54) is 0 Å². The summed E-state index contributed by atoms with van der Waals surface area (Å²) in [5.74, 6) is -0.750. The molecule has 1 amide bonds. The van der Waals surface area contributed by atoms with Crippen LogP contribution in [0, 0.1) is 17.2 Å². The summed E-state index contributed by atoms with van der Waals surface area (Å²) in [5, 5.41) is 12.9. The summed E-state index contributed by atoms with van der Waals surface area (Å²) < 4.78 is 5.31. The van der Waals surface area contributed by atoms with E-state index < -0.39 is 11.8 Å². The lowest BCUT2D eigenvalue weighted by atomic mass is 9.77. The van der Waals surface area contributed by atoms with Crippen LogP contribution in [0.15, 0.2) is 70.2 Å². The lowest BCUT2D eigenvalue weighted by Gasteiger charge is -2.30. The van der Waals surface area contributed by atoms with E-state index in [2.05, 4.69) is 29.0 Å². The minimum atomic E-state index is -0.622.